The number of aromatic amines is 1. The maximum atomic E-state index is 13.4. The molecule has 0 radical (unpaired) electrons. The molecule has 1 N–H and O–H groups in total. The van der Waals surface area contributed by atoms with Crippen molar-refractivity contribution in [3.63, 3.8) is 0 Å². The van der Waals surface area contributed by atoms with Gasteiger partial charge in [-0.3, -0.25) is 5.10 Å². The van der Waals surface area contributed by atoms with E-state index in [-0.39, 0.29) is 34.2 Å². The topological polar surface area (TPSA) is 85.2 Å². The molecule has 20 heavy (non-hydrogen) atoms. The van der Waals surface area contributed by atoms with Crippen LogP contribution in [0.5, 0.6) is 0 Å². The van der Waals surface area contributed by atoms with Crippen LogP contribution in [0.4, 0.5) is 4.39 Å². The molecule has 0 saturated heterocycles. The van der Waals surface area contributed by atoms with Crippen LogP contribution in [0, 0.1) is 5.82 Å². The second-order valence-corrected chi connectivity index (χ2v) is 4.07. The van der Waals surface area contributed by atoms with Crippen LogP contribution in [0.15, 0.2) is 27.4 Å². The largest absolute Gasteiger partial charge is 0.461 e. The Kier molecular flexibility index (Phi) is 2.74. The lowest BCUT2D eigenvalue weighted by Crippen LogP contribution is -2.06. The number of carbonyl (C=O) groups excluding carboxylic acids is 1. The van der Waals surface area contributed by atoms with Gasteiger partial charge in [0.05, 0.1) is 12.0 Å². The van der Waals surface area contributed by atoms with Crippen LogP contribution in [0.25, 0.3) is 21.9 Å². The van der Waals surface area contributed by atoms with Gasteiger partial charge in [0, 0.05) is 5.39 Å². The van der Waals surface area contributed by atoms with Gasteiger partial charge in [0.15, 0.2) is 11.2 Å². The summed E-state index contributed by atoms with van der Waals surface area (Å²) in [7, 11) is 0. The zero-order chi connectivity index (χ0) is 14.3. The summed E-state index contributed by atoms with van der Waals surface area (Å²) in [5.74, 6) is -1.17. The molecule has 0 fully saturated rings. The first-order chi connectivity index (χ1) is 9.61. The summed E-state index contributed by atoms with van der Waals surface area (Å²) in [6, 6.07) is 3.67. The summed E-state index contributed by atoms with van der Waals surface area (Å²) in [4.78, 5) is 23.6. The number of halogens is 1. The monoisotopic (exact) mass is 276 g/mol. The van der Waals surface area contributed by atoms with E-state index in [4.69, 9.17) is 9.15 Å². The number of aromatic nitrogens is 2. The van der Waals surface area contributed by atoms with Gasteiger partial charge in [-0.1, -0.05) is 0 Å². The summed E-state index contributed by atoms with van der Waals surface area (Å²) >= 11 is 0. The first-order valence-corrected chi connectivity index (χ1v) is 5.89. The minimum Gasteiger partial charge on any atom is -0.461 e. The van der Waals surface area contributed by atoms with Crippen LogP contribution in [0.2, 0.25) is 0 Å². The molecule has 0 atom stereocenters. The summed E-state index contributed by atoms with van der Waals surface area (Å²) in [5, 5.41) is 6.68. The molecule has 2 aromatic heterocycles. The van der Waals surface area contributed by atoms with Crippen LogP contribution < -0.4 is 5.63 Å². The van der Waals surface area contributed by atoms with E-state index >= 15 is 0 Å². The van der Waals surface area contributed by atoms with Gasteiger partial charge in [-0.25, -0.2) is 14.0 Å². The van der Waals surface area contributed by atoms with Gasteiger partial charge in [-0.05, 0) is 25.1 Å². The van der Waals surface area contributed by atoms with Crippen molar-refractivity contribution in [1.82, 2.24) is 10.2 Å². The van der Waals surface area contributed by atoms with Gasteiger partial charge in [0.2, 0.25) is 0 Å². The maximum absolute atomic E-state index is 13.4. The van der Waals surface area contributed by atoms with Crippen molar-refractivity contribution < 1.29 is 18.3 Å². The minimum absolute atomic E-state index is 0.00495. The Morgan fingerprint density at radius 3 is 3.05 bits per heavy atom. The highest BCUT2D eigenvalue weighted by Gasteiger charge is 2.20. The molecule has 6 nitrogen and oxygen atoms in total. The Labute approximate surface area is 111 Å². The zero-order valence-corrected chi connectivity index (χ0v) is 10.4. The first-order valence-electron chi connectivity index (χ1n) is 5.89. The van der Waals surface area contributed by atoms with Crippen molar-refractivity contribution in [2.45, 2.75) is 6.92 Å². The number of esters is 1. The van der Waals surface area contributed by atoms with Crippen LogP contribution in [0.1, 0.15) is 17.4 Å². The third-order valence-electron chi connectivity index (χ3n) is 2.85. The van der Waals surface area contributed by atoms with E-state index in [1.807, 2.05) is 0 Å². The lowest BCUT2D eigenvalue weighted by atomic mass is 10.1. The van der Waals surface area contributed by atoms with Crippen molar-refractivity contribution in [3.05, 3.63) is 40.1 Å². The van der Waals surface area contributed by atoms with Crippen molar-refractivity contribution in [2.24, 2.45) is 0 Å². The Morgan fingerprint density at radius 2 is 2.30 bits per heavy atom. The van der Waals surface area contributed by atoms with Crippen LogP contribution in [-0.2, 0) is 4.74 Å². The Morgan fingerprint density at radius 1 is 1.50 bits per heavy atom. The molecule has 0 aliphatic carbocycles. The van der Waals surface area contributed by atoms with Crippen molar-refractivity contribution in [2.75, 3.05) is 6.61 Å². The third kappa shape index (κ3) is 1.75. The van der Waals surface area contributed by atoms with Crippen LogP contribution >= 0.6 is 0 Å². The summed E-state index contributed by atoms with van der Waals surface area (Å²) in [6.45, 7) is 1.83. The average molecular weight is 276 g/mol. The van der Waals surface area contributed by atoms with E-state index in [2.05, 4.69) is 10.2 Å². The molecule has 2 heterocycles. The number of fused-ring (bicyclic) bond motifs is 3. The Bertz CT molecular complexity index is 881. The lowest BCUT2D eigenvalue weighted by molar-refractivity contribution is 0.0522. The molecule has 0 saturated carbocycles. The summed E-state index contributed by atoms with van der Waals surface area (Å²) in [6.07, 6.45) is 0. The standard InChI is InChI=1S/C13H9FN2O4/c1-2-19-12(17)10-9-7-5-6(14)3-4-8(7)20-13(18)11(9)16-15-10/h3-5H,2H2,1H3,(H,15,16). The molecule has 1 aromatic carbocycles. The number of rotatable bonds is 2. The van der Waals surface area contributed by atoms with E-state index in [0.717, 1.165) is 0 Å². The van der Waals surface area contributed by atoms with Gasteiger partial charge in [-0.15, -0.1) is 0 Å². The van der Waals surface area contributed by atoms with Crippen molar-refractivity contribution in [1.29, 1.82) is 0 Å². The highest BCUT2D eigenvalue weighted by atomic mass is 19.1. The van der Waals surface area contributed by atoms with Gasteiger partial charge >= 0.3 is 11.6 Å². The van der Waals surface area contributed by atoms with Crippen molar-refractivity contribution in [3.8, 4) is 0 Å². The second kappa shape index (κ2) is 4.44. The number of ether oxygens (including phenoxy) is 1. The van der Waals surface area contributed by atoms with Crippen LogP contribution in [0.3, 0.4) is 0 Å². The van der Waals surface area contributed by atoms with Gasteiger partial charge < -0.3 is 9.15 Å². The van der Waals surface area contributed by atoms with Gasteiger partial charge in [-0.2, -0.15) is 5.10 Å². The number of H-pyrrole nitrogens is 1. The predicted octanol–water partition coefficient (Wildman–Crippen LogP) is 1.99. The molecule has 7 heteroatoms. The minimum atomic E-state index is -0.703. The number of nitrogens with zero attached hydrogens (tertiary/aromatic N) is 1. The molecule has 3 rings (SSSR count). The first kappa shape index (κ1) is 12.3. The van der Waals surface area contributed by atoms with E-state index in [0.29, 0.717) is 0 Å². The summed E-state index contributed by atoms with van der Waals surface area (Å²) in [5.41, 5.74) is -0.585. The highest BCUT2D eigenvalue weighted by Crippen LogP contribution is 2.25. The number of nitrogens with one attached hydrogen (secondary N) is 1. The molecule has 0 amide bonds. The van der Waals surface area contributed by atoms with E-state index in [9.17, 15) is 14.0 Å². The molecule has 3 aromatic rings. The fourth-order valence-corrected chi connectivity index (χ4v) is 2.04. The van der Waals surface area contributed by atoms with Gasteiger partial charge in [0.1, 0.15) is 11.4 Å². The molecule has 0 spiro atoms. The molecular weight excluding hydrogens is 267 g/mol. The number of hydrogen-bond donors (Lipinski definition) is 1. The zero-order valence-electron chi connectivity index (χ0n) is 10.4. The maximum Gasteiger partial charge on any atom is 0.364 e. The molecule has 0 bridgehead atoms. The number of hydrogen-bond acceptors (Lipinski definition) is 5. The Hall–Kier alpha value is -2.70. The second-order valence-electron chi connectivity index (χ2n) is 4.07. The van der Waals surface area contributed by atoms with E-state index in [1.165, 1.54) is 18.2 Å². The SMILES string of the molecule is CCOC(=O)c1[nH]nc2c(=O)oc3ccc(F)cc3c12. The molecular formula is C13H9FN2O4. The third-order valence-corrected chi connectivity index (χ3v) is 2.85. The molecule has 0 aliphatic rings. The smallest absolute Gasteiger partial charge is 0.364 e. The predicted molar refractivity (Wildman–Crippen MR) is 68.1 cm³/mol. The summed E-state index contributed by atoms with van der Waals surface area (Å²) < 4.78 is 23.3. The van der Waals surface area contributed by atoms with E-state index < -0.39 is 17.4 Å². The molecule has 0 unspecified atom stereocenters. The lowest BCUT2D eigenvalue weighted by Gasteiger charge is -2.01. The number of carbonyl (C=O) groups is 1. The van der Waals surface area contributed by atoms with E-state index in [1.54, 1.807) is 6.92 Å². The van der Waals surface area contributed by atoms with Gasteiger partial charge in [0.25, 0.3) is 0 Å². The van der Waals surface area contributed by atoms with Crippen molar-refractivity contribution >= 4 is 27.8 Å². The van der Waals surface area contributed by atoms with Crippen LogP contribution in [-0.4, -0.2) is 22.8 Å². The normalized spacial score (nSPS) is 11.1. The average Bonchev–Trinajstić information content (AvgIpc) is 2.86. The Balaban J connectivity index is 2.44. The fraction of sp³-hybridized carbons (Fsp3) is 0.154. The highest BCUT2D eigenvalue weighted by molar-refractivity contribution is 6.12. The quantitative estimate of drug-likeness (QED) is 0.571. The molecule has 0 aliphatic heterocycles. The molecule has 102 valence electrons. The fourth-order valence-electron chi connectivity index (χ4n) is 2.04. The number of benzene rings is 1.